The number of fused-ring (bicyclic) bond motifs is 1. The summed E-state index contributed by atoms with van der Waals surface area (Å²) in [5.41, 5.74) is 2.15. The molecule has 1 unspecified atom stereocenters. The summed E-state index contributed by atoms with van der Waals surface area (Å²) in [4.78, 5) is 0. The molecule has 0 N–H and O–H groups in total. The zero-order chi connectivity index (χ0) is 14.6. The lowest BCUT2D eigenvalue weighted by Crippen LogP contribution is -2.35. The average molecular weight is 298 g/mol. The van der Waals surface area contributed by atoms with E-state index in [9.17, 15) is 0 Å². The van der Waals surface area contributed by atoms with Gasteiger partial charge in [-0.1, -0.05) is 17.7 Å². The van der Waals surface area contributed by atoms with Crippen LogP contribution in [0, 0.1) is 6.92 Å². The molecule has 0 aromatic heterocycles. The lowest BCUT2D eigenvalue weighted by molar-refractivity contribution is 0.0414. The third kappa shape index (κ3) is 3.92. The van der Waals surface area contributed by atoms with Gasteiger partial charge in [0.1, 0.15) is 11.4 Å². The minimum absolute atomic E-state index is 0.342. The van der Waals surface area contributed by atoms with Gasteiger partial charge in [-0.2, -0.15) is 0 Å². The molecule has 1 atom stereocenters. The van der Waals surface area contributed by atoms with Crippen LogP contribution in [-0.2, 0) is 20.0 Å². The molecule has 1 heterocycles. The van der Waals surface area contributed by atoms with Crippen LogP contribution < -0.4 is 4.74 Å². The van der Waals surface area contributed by atoms with Gasteiger partial charge in [0.15, 0.2) is 0 Å². The molecule has 112 valence electrons. The maximum Gasteiger partial charge on any atom is 0.332 e. The molecule has 0 aliphatic carbocycles. The predicted molar refractivity (Wildman–Crippen MR) is 80.0 cm³/mol. The molecule has 5 heteroatoms. The van der Waals surface area contributed by atoms with Crippen LogP contribution in [-0.4, -0.2) is 25.4 Å². The monoisotopic (exact) mass is 298 g/mol. The number of benzene rings is 1. The second-order valence-corrected chi connectivity index (χ2v) is 6.39. The molecular formula is C15H23O4P. The highest BCUT2D eigenvalue weighted by Gasteiger charge is 2.36. The molecule has 1 aliphatic rings. The standard InChI is InChI=1S/C15H23O4P/c1-5-16-20(17-6-2)18-11-15(4)10-13-9-12(3)7-8-14(13)19-15/h7-9H,5-6,10-11H2,1-4H3. The van der Waals surface area contributed by atoms with Crippen molar-refractivity contribution < 1.29 is 18.3 Å². The highest BCUT2D eigenvalue weighted by Crippen LogP contribution is 2.43. The minimum Gasteiger partial charge on any atom is -0.485 e. The Hall–Kier alpha value is -0.670. The van der Waals surface area contributed by atoms with Gasteiger partial charge in [0.05, 0.1) is 19.8 Å². The maximum absolute atomic E-state index is 6.03. The normalized spacial score (nSPS) is 21.1. The average Bonchev–Trinajstić information content (AvgIpc) is 2.73. The van der Waals surface area contributed by atoms with Crippen molar-refractivity contribution in [3.05, 3.63) is 29.3 Å². The fourth-order valence-corrected chi connectivity index (χ4v) is 3.27. The lowest BCUT2D eigenvalue weighted by Gasteiger charge is -2.25. The van der Waals surface area contributed by atoms with Crippen molar-refractivity contribution in [2.75, 3.05) is 19.8 Å². The van der Waals surface area contributed by atoms with Crippen LogP contribution in [0.3, 0.4) is 0 Å². The van der Waals surface area contributed by atoms with Crippen LogP contribution in [0.2, 0.25) is 0 Å². The Balaban J connectivity index is 1.93. The number of hydrogen-bond acceptors (Lipinski definition) is 4. The first-order valence-electron chi connectivity index (χ1n) is 7.03. The summed E-state index contributed by atoms with van der Waals surface area (Å²) in [7, 11) is -1.27. The summed E-state index contributed by atoms with van der Waals surface area (Å²) in [5.74, 6) is 0.957. The summed E-state index contributed by atoms with van der Waals surface area (Å²) in [5, 5.41) is 0. The van der Waals surface area contributed by atoms with E-state index in [1.54, 1.807) is 0 Å². The van der Waals surface area contributed by atoms with E-state index in [1.807, 2.05) is 19.9 Å². The molecule has 1 aromatic carbocycles. The van der Waals surface area contributed by atoms with Gasteiger partial charge in [-0.25, -0.2) is 0 Å². The summed E-state index contributed by atoms with van der Waals surface area (Å²) in [6, 6.07) is 6.27. The molecule has 0 radical (unpaired) electrons. The molecule has 2 rings (SSSR count). The molecule has 0 saturated heterocycles. The Morgan fingerprint density at radius 1 is 1.20 bits per heavy atom. The Morgan fingerprint density at radius 2 is 1.90 bits per heavy atom. The van der Waals surface area contributed by atoms with Gasteiger partial charge in [-0.05, 0) is 39.3 Å². The van der Waals surface area contributed by atoms with E-state index in [0.717, 1.165) is 12.2 Å². The van der Waals surface area contributed by atoms with Crippen LogP contribution in [0.4, 0.5) is 0 Å². The maximum atomic E-state index is 6.03. The van der Waals surface area contributed by atoms with Gasteiger partial charge < -0.3 is 18.3 Å². The molecule has 20 heavy (non-hydrogen) atoms. The van der Waals surface area contributed by atoms with Crippen LogP contribution in [0.15, 0.2) is 18.2 Å². The second kappa shape index (κ2) is 6.86. The van der Waals surface area contributed by atoms with Gasteiger partial charge in [-0.15, -0.1) is 0 Å². The zero-order valence-electron chi connectivity index (χ0n) is 12.6. The van der Waals surface area contributed by atoms with E-state index in [4.69, 9.17) is 18.3 Å². The van der Waals surface area contributed by atoms with Crippen molar-refractivity contribution in [1.82, 2.24) is 0 Å². The van der Waals surface area contributed by atoms with Gasteiger partial charge in [0.25, 0.3) is 0 Å². The van der Waals surface area contributed by atoms with Crippen molar-refractivity contribution in [1.29, 1.82) is 0 Å². The van der Waals surface area contributed by atoms with Crippen LogP contribution in [0.5, 0.6) is 5.75 Å². The van der Waals surface area contributed by atoms with Crippen molar-refractivity contribution in [2.24, 2.45) is 0 Å². The van der Waals surface area contributed by atoms with Crippen LogP contribution in [0.1, 0.15) is 31.9 Å². The van der Waals surface area contributed by atoms with E-state index in [0.29, 0.717) is 19.8 Å². The summed E-state index contributed by atoms with van der Waals surface area (Å²) < 4.78 is 22.7. The summed E-state index contributed by atoms with van der Waals surface area (Å²) >= 11 is 0. The summed E-state index contributed by atoms with van der Waals surface area (Å²) in [6.07, 6.45) is 0.853. The molecule has 0 saturated carbocycles. The molecule has 0 amide bonds. The zero-order valence-corrected chi connectivity index (χ0v) is 13.5. The SMILES string of the molecule is CCOP(OCC)OCC1(C)Cc2cc(C)ccc2O1. The number of aryl methyl sites for hydroxylation is 1. The third-order valence-electron chi connectivity index (χ3n) is 3.08. The van der Waals surface area contributed by atoms with Crippen LogP contribution in [0.25, 0.3) is 0 Å². The van der Waals surface area contributed by atoms with Gasteiger partial charge in [0, 0.05) is 6.42 Å². The molecular weight excluding hydrogens is 275 g/mol. The topological polar surface area (TPSA) is 36.9 Å². The number of rotatable bonds is 7. The molecule has 0 bridgehead atoms. The first-order valence-corrected chi connectivity index (χ1v) is 8.13. The molecule has 0 spiro atoms. The second-order valence-electron chi connectivity index (χ2n) is 5.17. The first kappa shape index (κ1) is 15.7. The number of hydrogen-bond donors (Lipinski definition) is 0. The minimum atomic E-state index is -1.27. The van der Waals surface area contributed by atoms with E-state index < -0.39 is 8.60 Å². The quantitative estimate of drug-likeness (QED) is 0.713. The number of ether oxygens (including phenoxy) is 1. The fourth-order valence-electron chi connectivity index (χ4n) is 2.24. The highest BCUT2D eigenvalue weighted by atomic mass is 31.2. The van der Waals surface area contributed by atoms with Gasteiger partial charge in [0.2, 0.25) is 0 Å². The summed E-state index contributed by atoms with van der Waals surface area (Å²) in [6.45, 7) is 9.66. The lowest BCUT2D eigenvalue weighted by atomic mass is 9.99. The van der Waals surface area contributed by atoms with Gasteiger partial charge in [-0.3, -0.25) is 0 Å². The fraction of sp³-hybridized carbons (Fsp3) is 0.600. The Kier molecular flexibility index (Phi) is 5.39. The highest BCUT2D eigenvalue weighted by molar-refractivity contribution is 7.41. The molecule has 1 aromatic rings. The Bertz CT molecular complexity index is 445. The van der Waals surface area contributed by atoms with E-state index >= 15 is 0 Å². The Labute approximate surface area is 122 Å². The van der Waals surface area contributed by atoms with E-state index in [-0.39, 0.29) is 5.60 Å². The van der Waals surface area contributed by atoms with E-state index in [2.05, 4.69) is 26.0 Å². The predicted octanol–water partition coefficient (Wildman–Crippen LogP) is 4.01. The first-order chi connectivity index (χ1) is 9.56. The third-order valence-corrected chi connectivity index (χ3v) is 4.36. The van der Waals surface area contributed by atoms with Crippen molar-refractivity contribution >= 4 is 8.60 Å². The molecule has 0 fully saturated rings. The van der Waals surface area contributed by atoms with Crippen molar-refractivity contribution in [3.63, 3.8) is 0 Å². The largest absolute Gasteiger partial charge is 0.485 e. The van der Waals surface area contributed by atoms with Gasteiger partial charge >= 0.3 is 8.60 Å². The van der Waals surface area contributed by atoms with Crippen molar-refractivity contribution in [2.45, 2.75) is 39.7 Å². The molecule has 1 aliphatic heterocycles. The van der Waals surface area contributed by atoms with E-state index in [1.165, 1.54) is 11.1 Å². The Morgan fingerprint density at radius 3 is 2.55 bits per heavy atom. The molecule has 4 nitrogen and oxygen atoms in total. The van der Waals surface area contributed by atoms with Crippen molar-refractivity contribution in [3.8, 4) is 5.75 Å². The van der Waals surface area contributed by atoms with Crippen LogP contribution >= 0.6 is 8.60 Å². The smallest absolute Gasteiger partial charge is 0.332 e.